The number of carboxylic acid groups (broad SMARTS) is 1. The summed E-state index contributed by atoms with van der Waals surface area (Å²) in [5.41, 5.74) is 0. The van der Waals surface area contributed by atoms with Crippen molar-refractivity contribution in [2.75, 3.05) is 20.3 Å². The summed E-state index contributed by atoms with van der Waals surface area (Å²) in [5, 5.41) is 30.4. The van der Waals surface area contributed by atoms with Crippen molar-refractivity contribution in [3.05, 3.63) is 36.4 Å². The van der Waals surface area contributed by atoms with Crippen LogP contribution in [-0.4, -0.2) is 59.9 Å². The van der Waals surface area contributed by atoms with Crippen LogP contribution in [0, 0.1) is 23.7 Å². The Morgan fingerprint density at radius 1 is 1.26 bits per heavy atom. The van der Waals surface area contributed by atoms with Crippen molar-refractivity contribution in [2.45, 2.75) is 70.2 Å². The smallest absolute Gasteiger partial charge is 0.306 e. The quantitative estimate of drug-likeness (QED) is 0.391. The molecule has 1 aliphatic heterocycles. The third kappa shape index (κ3) is 7.45. The minimum absolute atomic E-state index is 0.00531. The van der Waals surface area contributed by atoms with Crippen LogP contribution in [0.3, 0.4) is 0 Å². The Balaban J connectivity index is 1.50. The van der Waals surface area contributed by atoms with Crippen LogP contribution in [0.4, 0.5) is 0 Å². The largest absolute Gasteiger partial charge is 0.497 e. The number of carboxylic acids is 1. The number of aliphatic carboxylic acids is 1. The third-order valence-corrected chi connectivity index (χ3v) is 7.27. The summed E-state index contributed by atoms with van der Waals surface area (Å²) in [4.78, 5) is 11.5. The molecular weight excluding hydrogens is 436 g/mol. The normalized spacial score (nSPS) is 28.8. The summed E-state index contributed by atoms with van der Waals surface area (Å²) in [6, 6.07) is 7.24. The van der Waals surface area contributed by atoms with Crippen molar-refractivity contribution < 1.29 is 34.3 Å². The number of aliphatic hydroxyl groups excluding tert-OH is 2. The summed E-state index contributed by atoms with van der Waals surface area (Å²) in [6.45, 7) is 2.76. The molecular formula is C27H40O7. The lowest BCUT2D eigenvalue weighted by atomic mass is 9.85. The summed E-state index contributed by atoms with van der Waals surface area (Å²) < 4.78 is 17.0. The van der Waals surface area contributed by atoms with Crippen molar-refractivity contribution in [3.8, 4) is 11.5 Å². The zero-order valence-corrected chi connectivity index (χ0v) is 20.3. The molecule has 2 aliphatic rings. The van der Waals surface area contributed by atoms with Gasteiger partial charge in [0.15, 0.2) is 0 Å². The van der Waals surface area contributed by atoms with Gasteiger partial charge < -0.3 is 29.5 Å². The number of benzene rings is 1. The predicted molar refractivity (Wildman–Crippen MR) is 129 cm³/mol. The number of carbonyl (C=O) groups is 1. The first-order valence-electron chi connectivity index (χ1n) is 12.6. The minimum Gasteiger partial charge on any atom is -0.497 e. The Labute approximate surface area is 202 Å². The van der Waals surface area contributed by atoms with Crippen molar-refractivity contribution in [1.29, 1.82) is 0 Å². The number of methoxy groups -OCH3 is 1. The molecule has 1 heterocycles. The summed E-state index contributed by atoms with van der Waals surface area (Å²) in [6.07, 6.45) is 8.00. The lowest BCUT2D eigenvalue weighted by Crippen LogP contribution is -2.22. The highest BCUT2D eigenvalue weighted by atomic mass is 16.5. The lowest BCUT2D eigenvalue weighted by molar-refractivity contribution is -0.142. The highest BCUT2D eigenvalue weighted by molar-refractivity contribution is 5.69. The number of fused-ring (bicyclic) bond motifs is 1. The van der Waals surface area contributed by atoms with Gasteiger partial charge in [-0.2, -0.15) is 0 Å². The van der Waals surface area contributed by atoms with Crippen molar-refractivity contribution in [2.24, 2.45) is 23.7 Å². The molecule has 1 saturated heterocycles. The monoisotopic (exact) mass is 476 g/mol. The second-order valence-electron chi connectivity index (χ2n) is 9.70. The van der Waals surface area contributed by atoms with Gasteiger partial charge in [-0.1, -0.05) is 31.6 Å². The zero-order valence-electron chi connectivity index (χ0n) is 20.3. The van der Waals surface area contributed by atoms with Gasteiger partial charge in [-0.15, -0.1) is 0 Å². The van der Waals surface area contributed by atoms with E-state index in [2.05, 4.69) is 0 Å². The molecule has 1 aliphatic carbocycles. The lowest BCUT2D eigenvalue weighted by Gasteiger charge is -2.21. The summed E-state index contributed by atoms with van der Waals surface area (Å²) in [7, 11) is 1.59. The SMILES string of the molecule is CCCC(CC[C@@H]1CC[C@@H]2[C@@H](C=C[C@@H](O)COc3cccc(OC)c3)[C@H](O)C[C@@H]2OC1)C(=O)O. The summed E-state index contributed by atoms with van der Waals surface area (Å²) >= 11 is 0. The first kappa shape index (κ1) is 26.5. The van der Waals surface area contributed by atoms with E-state index in [1.807, 2.05) is 31.2 Å². The van der Waals surface area contributed by atoms with E-state index in [0.717, 1.165) is 32.1 Å². The summed E-state index contributed by atoms with van der Waals surface area (Å²) in [5.74, 6) is 0.836. The highest BCUT2D eigenvalue weighted by Gasteiger charge is 2.43. The molecule has 0 aromatic heterocycles. The second-order valence-corrected chi connectivity index (χ2v) is 9.70. The van der Waals surface area contributed by atoms with Crippen LogP contribution in [-0.2, 0) is 9.53 Å². The average Bonchev–Trinajstić information content (AvgIpc) is 2.99. The minimum atomic E-state index is -0.789. The van der Waals surface area contributed by atoms with Crippen LogP contribution < -0.4 is 9.47 Å². The Morgan fingerprint density at radius 2 is 2.06 bits per heavy atom. The molecule has 34 heavy (non-hydrogen) atoms. The first-order chi connectivity index (χ1) is 16.4. The molecule has 3 N–H and O–H groups in total. The van der Waals surface area contributed by atoms with Crippen molar-refractivity contribution in [3.63, 3.8) is 0 Å². The van der Waals surface area contributed by atoms with Gasteiger partial charge in [-0.05, 0) is 56.1 Å². The number of rotatable bonds is 12. The molecule has 1 unspecified atom stereocenters. The fourth-order valence-electron chi connectivity index (χ4n) is 5.30. The number of aliphatic hydroxyl groups is 2. The molecule has 7 nitrogen and oxygen atoms in total. The molecule has 1 saturated carbocycles. The van der Waals surface area contributed by atoms with Gasteiger partial charge >= 0.3 is 5.97 Å². The van der Waals surface area contributed by atoms with Gasteiger partial charge in [-0.25, -0.2) is 0 Å². The van der Waals surface area contributed by atoms with E-state index in [-0.39, 0.29) is 30.5 Å². The molecule has 0 amide bonds. The van der Waals surface area contributed by atoms with Gasteiger partial charge in [0, 0.05) is 25.0 Å². The predicted octanol–water partition coefficient (Wildman–Crippen LogP) is 4.06. The van der Waals surface area contributed by atoms with Gasteiger partial charge in [0.2, 0.25) is 0 Å². The van der Waals surface area contributed by atoms with Crippen molar-refractivity contribution >= 4 is 5.97 Å². The second kappa shape index (κ2) is 13.1. The van der Waals surface area contributed by atoms with Crippen molar-refractivity contribution in [1.82, 2.24) is 0 Å². The average molecular weight is 477 g/mol. The third-order valence-electron chi connectivity index (χ3n) is 7.27. The molecule has 0 radical (unpaired) electrons. The molecule has 1 aromatic carbocycles. The van der Waals surface area contributed by atoms with Crippen LogP contribution in [0.2, 0.25) is 0 Å². The van der Waals surface area contributed by atoms with Gasteiger partial charge in [-0.3, -0.25) is 4.79 Å². The van der Waals surface area contributed by atoms with Gasteiger partial charge in [0.05, 0.1) is 25.2 Å². The van der Waals surface area contributed by atoms with E-state index in [9.17, 15) is 20.1 Å². The maximum absolute atomic E-state index is 11.5. The van der Waals surface area contributed by atoms with E-state index in [4.69, 9.17) is 14.2 Å². The topological polar surface area (TPSA) is 105 Å². The molecule has 7 atom stereocenters. The van der Waals surface area contributed by atoms with Gasteiger partial charge in [0.1, 0.15) is 24.2 Å². The Morgan fingerprint density at radius 3 is 2.79 bits per heavy atom. The molecule has 7 heteroatoms. The number of hydrogen-bond donors (Lipinski definition) is 3. The van der Waals surface area contributed by atoms with E-state index in [0.29, 0.717) is 36.9 Å². The van der Waals surface area contributed by atoms with E-state index >= 15 is 0 Å². The highest BCUT2D eigenvalue weighted by Crippen LogP contribution is 2.42. The first-order valence-corrected chi connectivity index (χ1v) is 12.6. The molecule has 0 bridgehead atoms. The van der Waals surface area contributed by atoms with Crippen LogP contribution >= 0.6 is 0 Å². The maximum atomic E-state index is 11.5. The maximum Gasteiger partial charge on any atom is 0.306 e. The molecule has 3 rings (SSSR count). The van der Waals surface area contributed by atoms with Crippen LogP contribution in [0.15, 0.2) is 36.4 Å². The Bertz CT molecular complexity index is 795. The van der Waals surface area contributed by atoms with E-state index in [1.165, 1.54) is 0 Å². The standard InChI is InChI=1S/C27H40O7/c1-3-5-19(27(30)31)10-8-18-9-12-24-23(25(29)15-26(24)34-16-18)13-11-20(28)17-33-22-7-4-6-21(14-22)32-2/h4,6-7,11,13-14,18-20,23-26,28-29H,3,5,8-10,12,15-17H2,1-2H3,(H,30,31)/t18-,19?,20-,23-,24-,25-,26+/m1/s1. The molecule has 1 aromatic rings. The number of hydrogen-bond acceptors (Lipinski definition) is 6. The van der Waals surface area contributed by atoms with Crippen LogP contribution in [0.1, 0.15) is 51.9 Å². The van der Waals surface area contributed by atoms with Gasteiger partial charge in [0.25, 0.3) is 0 Å². The molecule has 0 spiro atoms. The van der Waals surface area contributed by atoms with E-state index in [1.54, 1.807) is 19.3 Å². The zero-order chi connectivity index (χ0) is 24.5. The molecule has 190 valence electrons. The van der Waals surface area contributed by atoms with E-state index < -0.39 is 18.2 Å². The fourth-order valence-corrected chi connectivity index (χ4v) is 5.30. The van der Waals surface area contributed by atoms with Crippen LogP contribution in [0.25, 0.3) is 0 Å². The fraction of sp³-hybridized carbons (Fsp3) is 0.667. The Hall–Kier alpha value is -2.09. The van der Waals surface area contributed by atoms with Crippen LogP contribution in [0.5, 0.6) is 11.5 Å². The molecule has 2 fully saturated rings. The Kier molecular flexibility index (Phi) is 10.2. The number of ether oxygens (including phenoxy) is 3.